The van der Waals surface area contributed by atoms with Crippen LogP contribution in [0.15, 0.2) is 42.5 Å². The van der Waals surface area contributed by atoms with Gasteiger partial charge in [-0.2, -0.15) is 0 Å². The molecule has 2 aromatic rings. The van der Waals surface area contributed by atoms with Crippen LogP contribution < -0.4 is 4.74 Å². The first-order chi connectivity index (χ1) is 10.1. The Morgan fingerprint density at radius 1 is 1.14 bits per heavy atom. The Labute approximate surface area is 121 Å². The van der Waals surface area contributed by atoms with Crippen molar-refractivity contribution >= 4 is 5.97 Å². The van der Waals surface area contributed by atoms with Gasteiger partial charge in [0.1, 0.15) is 18.2 Å². The van der Waals surface area contributed by atoms with E-state index in [2.05, 4.69) is 0 Å². The van der Waals surface area contributed by atoms with Gasteiger partial charge in [0.2, 0.25) is 0 Å². The highest BCUT2D eigenvalue weighted by atomic mass is 19.1. The topological polar surface area (TPSA) is 55.8 Å². The summed E-state index contributed by atoms with van der Waals surface area (Å²) >= 11 is 0. The van der Waals surface area contributed by atoms with Crippen molar-refractivity contribution < 1.29 is 23.8 Å². The quantitative estimate of drug-likeness (QED) is 0.830. The van der Waals surface area contributed by atoms with E-state index in [4.69, 9.17) is 9.47 Å². The molecular formula is C16H15FO4. The van der Waals surface area contributed by atoms with Crippen molar-refractivity contribution in [2.45, 2.75) is 0 Å². The number of rotatable bonds is 6. The van der Waals surface area contributed by atoms with E-state index in [1.165, 1.54) is 12.1 Å². The van der Waals surface area contributed by atoms with Crippen molar-refractivity contribution in [3.63, 3.8) is 0 Å². The van der Waals surface area contributed by atoms with Gasteiger partial charge in [-0.15, -0.1) is 0 Å². The Bertz CT molecular complexity index is 640. The number of para-hydroxylation sites is 1. The number of hydrogen-bond donors (Lipinski definition) is 1. The summed E-state index contributed by atoms with van der Waals surface area (Å²) in [6.07, 6.45) is 0. The van der Waals surface area contributed by atoms with Gasteiger partial charge in [-0.1, -0.05) is 24.3 Å². The lowest BCUT2D eigenvalue weighted by Crippen LogP contribution is -2.06. The van der Waals surface area contributed by atoms with Gasteiger partial charge in [-0.25, -0.2) is 9.18 Å². The molecule has 2 aromatic carbocycles. The third-order valence-corrected chi connectivity index (χ3v) is 2.93. The molecule has 0 saturated carbocycles. The molecule has 4 nitrogen and oxygen atoms in total. The number of methoxy groups -OCH3 is 1. The highest BCUT2D eigenvalue weighted by Gasteiger charge is 2.16. The van der Waals surface area contributed by atoms with Crippen LogP contribution in [0.5, 0.6) is 5.75 Å². The van der Waals surface area contributed by atoms with Crippen LogP contribution >= 0.6 is 0 Å². The molecule has 0 aliphatic carbocycles. The Morgan fingerprint density at radius 3 is 2.62 bits per heavy atom. The number of hydrogen-bond acceptors (Lipinski definition) is 3. The summed E-state index contributed by atoms with van der Waals surface area (Å²) in [6, 6.07) is 10.7. The molecule has 1 N–H and O–H groups in total. The molecule has 0 aliphatic heterocycles. The van der Waals surface area contributed by atoms with Gasteiger partial charge in [-0.05, 0) is 18.2 Å². The van der Waals surface area contributed by atoms with Gasteiger partial charge >= 0.3 is 5.97 Å². The molecule has 5 heteroatoms. The van der Waals surface area contributed by atoms with Crippen LogP contribution in [0, 0.1) is 5.82 Å². The number of carbonyl (C=O) groups is 1. The largest absolute Gasteiger partial charge is 0.491 e. The average molecular weight is 290 g/mol. The molecule has 0 heterocycles. The Kier molecular flexibility index (Phi) is 4.90. The van der Waals surface area contributed by atoms with E-state index in [9.17, 15) is 14.3 Å². The lowest BCUT2D eigenvalue weighted by molar-refractivity contribution is 0.0697. The predicted octanol–water partition coefficient (Wildman–Crippen LogP) is 3.22. The van der Waals surface area contributed by atoms with Crippen molar-refractivity contribution in [3.05, 3.63) is 53.8 Å². The fourth-order valence-corrected chi connectivity index (χ4v) is 1.98. The van der Waals surface area contributed by atoms with Gasteiger partial charge in [0, 0.05) is 18.2 Å². The third-order valence-electron chi connectivity index (χ3n) is 2.93. The van der Waals surface area contributed by atoms with Gasteiger partial charge < -0.3 is 14.6 Å². The number of carboxylic acid groups (broad SMARTS) is 1. The first-order valence-corrected chi connectivity index (χ1v) is 6.37. The van der Waals surface area contributed by atoms with Gasteiger partial charge in [0.15, 0.2) is 0 Å². The normalized spacial score (nSPS) is 10.4. The highest BCUT2D eigenvalue weighted by molar-refractivity contribution is 5.97. The maximum absolute atomic E-state index is 13.3. The molecule has 0 bridgehead atoms. The smallest absolute Gasteiger partial charge is 0.336 e. The van der Waals surface area contributed by atoms with Crippen molar-refractivity contribution in [1.82, 2.24) is 0 Å². The Hall–Kier alpha value is -2.40. The maximum atomic E-state index is 13.3. The van der Waals surface area contributed by atoms with Crippen molar-refractivity contribution in [2.24, 2.45) is 0 Å². The number of ether oxygens (including phenoxy) is 2. The first kappa shape index (κ1) is 15.0. The van der Waals surface area contributed by atoms with E-state index in [1.807, 2.05) is 0 Å². The molecule has 0 radical (unpaired) electrons. The summed E-state index contributed by atoms with van der Waals surface area (Å²) in [6.45, 7) is 0.765. The monoisotopic (exact) mass is 290 g/mol. The summed E-state index contributed by atoms with van der Waals surface area (Å²) in [5, 5.41) is 9.23. The van der Waals surface area contributed by atoms with E-state index in [0.717, 1.165) is 6.07 Å². The van der Waals surface area contributed by atoms with Crippen LogP contribution in [0.1, 0.15) is 10.4 Å². The van der Waals surface area contributed by atoms with Gasteiger partial charge in [-0.3, -0.25) is 0 Å². The minimum Gasteiger partial charge on any atom is -0.491 e. The van der Waals surface area contributed by atoms with Crippen LogP contribution in [0.3, 0.4) is 0 Å². The summed E-state index contributed by atoms with van der Waals surface area (Å²) in [7, 11) is 1.57. The second-order valence-electron chi connectivity index (χ2n) is 4.33. The van der Waals surface area contributed by atoms with Gasteiger partial charge in [0.25, 0.3) is 0 Å². The molecule has 0 amide bonds. The minimum absolute atomic E-state index is 0.0993. The molecule has 0 fully saturated rings. The Balaban J connectivity index is 2.44. The molecular weight excluding hydrogens is 275 g/mol. The zero-order chi connectivity index (χ0) is 15.2. The average Bonchev–Trinajstić information content (AvgIpc) is 2.48. The second kappa shape index (κ2) is 6.85. The number of aromatic carboxylic acids is 1. The number of halogens is 1. The molecule has 0 aliphatic rings. The SMILES string of the molecule is COCCOc1ccccc1-c1ccc(F)cc1C(=O)O. The van der Waals surface area contributed by atoms with Crippen LogP contribution in [0.25, 0.3) is 11.1 Å². The zero-order valence-corrected chi connectivity index (χ0v) is 11.5. The van der Waals surface area contributed by atoms with Crippen molar-refractivity contribution in [1.29, 1.82) is 0 Å². The van der Waals surface area contributed by atoms with Crippen LogP contribution in [-0.4, -0.2) is 31.4 Å². The molecule has 0 unspecified atom stereocenters. The standard InChI is InChI=1S/C16H15FO4/c1-20-8-9-21-15-5-3-2-4-13(15)12-7-6-11(17)10-14(12)16(18)19/h2-7,10H,8-9H2,1H3,(H,18,19). The lowest BCUT2D eigenvalue weighted by Gasteiger charge is -2.13. The van der Waals surface area contributed by atoms with E-state index >= 15 is 0 Å². The summed E-state index contributed by atoms with van der Waals surface area (Å²) in [5.74, 6) is -1.24. The lowest BCUT2D eigenvalue weighted by atomic mass is 9.98. The first-order valence-electron chi connectivity index (χ1n) is 6.37. The van der Waals surface area contributed by atoms with Crippen molar-refractivity contribution in [2.75, 3.05) is 20.3 Å². The van der Waals surface area contributed by atoms with Crippen molar-refractivity contribution in [3.8, 4) is 16.9 Å². The zero-order valence-electron chi connectivity index (χ0n) is 11.5. The van der Waals surface area contributed by atoms with Gasteiger partial charge in [0.05, 0.1) is 12.2 Å². The summed E-state index contributed by atoms with van der Waals surface area (Å²) < 4.78 is 23.8. The van der Waals surface area contributed by atoms with Crippen LogP contribution in [0.4, 0.5) is 4.39 Å². The molecule has 0 atom stereocenters. The third kappa shape index (κ3) is 3.58. The van der Waals surface area contributed by atoms with Crippen LogP contribution in [-0.2, 0) is 4.74 Å². The minimum atomic E-state index is -1.18. The Morgan fingerprint density at radius 2 is 1.90 bits per heavy atom. The van der Waals surface area contributed by atoms with E-state index in [0.29, 0.717) is 30.1 Å². The molecule has 0 spiro atoms. The summed E-state index contributed by atoms with van der Waals surface area (Å²) in [4.78, 5) is 11.3. The number of benzene rings is 2. The summed E-state index contributed by atoms with van der Waals surface area (Å²) in [5.41, 5.74) is 0.917. The van der Waals surface area contributed by atoms with Crippen LogP contribution in [0.2, 0.25) is 0 Å². The molecule has 0 saturated heterocycles. The highest BCUT2D eigenvalue weighted by Crippen LogP contribution is 2.32. The predicted molar refractivity (Wildman–Crippen MR) is 76.2 cm³/mol. The van der Waals surface area contributed by atoms with E-state index < -0.39 is 11.8 Å². The van der Waals surface area contributed by atoms with E-state index in [1.54, 1.807) is 31.4 Å². The van der Waals surface area contributed by atoms with E-state index in [-0.39, 0.29) is 5.56 Å². The molecule has 21 heavy (non-hydrogen) atoms. The fourth-order valence-electron chi connectivity index (χ4n) is 1.98. The number of carboxylic acids is 1. The second-order valence-corrected chi connectivity index (χ2v) is 4.33. The molecule has 2 rings (SSSR count). The fraction of sp³-hybridized carbons (Fsp3) is 0.188. The molecule has 110 valence electrons. The molecule has 0 aromatic heterocycles. The maximum Gasteiger partial charge on any atom is 0.336 e.